The van der Waals surface area contributed by atoms with E-state index in [2.05, 4.69) is 20.9 Å². The zero-order valence-corrected chi connectivity index (χ0v) is 14.0. The molecule has 3 N–H and O–H groups in total. The molecule has 0 saturated carbocycles. The van der Waals surface area contributed by atoms with Crippen LogP contribution in [0.2, 0.25) is 0 Å². The van der Waals surface area contributed by atoms with Crippen molar-refractivity contribution in [2.24, 2.45) is 0 Å². The molecule has 4 rings (SSSR count). The summed E-state index contributed by atoms with van der Waals surface area (Å²) in [5, 5.41) is 8.94. The molecule has 3 aliphatic rings. The highest BCUT2D eigenvalue weighted by Crippen LogP contribution is 2.36. The van der Waals surface area contributed by atoms with E-state index in [1.807, 2.05) is 18.2 Å². The average molecular weight is 353 g/mol. The normalized spacial score (nSPS) is 25.6. The van der Waals surface area contributed by atoms with Crippen LogP contribution in [-0.4, -0.2) is 50.1 Å². The lowest BCUT2D eigenvalue weighted by Gasteiger charge is -2.42. The van der Waals surface area contributed by atoms with Crippen molar-refractivity contribution in [2.45, 2.75) is 24.9 Å². The molecular weight excluding hydrogens is 332 g/mol. The van der Waals surface area contributed by atoms with Gasteiger partial charge in [-0.2, -0.15) is 0 Å². The smallest absolute Gasteiger partial charge is 0.249 e. The first kappa shape index (κ1) is 16.9. The molecule has 3 aliphatic heterocycles. The predicted octanol–water partition coefficient (Wildman–Crippen LogP) is 0.496. The first-order valence-electron chi connectivity index (χ1n) is 8.05. The van der Waals surface area contributed by atoms with Crippen molar-refractivity contribution >= 4 is 35.6 Å². The highest BCUT2D eigenvalue weighted by atomic mass is 35.5. The van der Waals surface area contributed by atoms with Gasteiger partial charge in [0, 0.05) is 37.8 Å². The Balaban J connectivity index is 0.00000169. The fraction of sp³-hybridized carbons (Fsp3) is 0.500. The Morgan fingerprint density at radius 2 is 2.17 bits per heavy atom. The van der Waals surface area contributed by atoms with Crippen LogP contribution < -0.4 is 25.6 Å². The van der Waals surface area contributed by atoms with Crippen LogP contribution >= 0.6 is 12.4 Å². The monoisotopic (exact) mass is 352 g/mol. The number of amides is 2. The Labute approximate surface area is 146 Å². The van der Waals surface area contributed by atoms with Gasteiger partial charge >= 0.3 is 0 Å². The highest BCUT2D eigenvalue weighted by Gasteiger charge is 2.30. The molecule has 2 atom stereocenters. The van der Waals surface area contributed by atoms with Crippen molar-refractivity contribution in [3.8, 4) is 5.75 Å². The van der Waals surface area contributed by atoms with E-state index in [1.165, 1.54) is 0 Å². The van der Waals surface area contributed by atoms with Crippen LogP contribution in [0.15, 0.2) is 18.2 Å². The maximum atomic E-state index is 11.8. The maximum Gasteiger partial charge on any atom is 0.249 e. The summed E-state index contributed by atoms with van der Waals surface area (Å²) >= 11 is 0. The second kappa shape index (κ2) is 6.86. The average Bonchev–Trinajstić information content (AvgIpc) is 2.57. The van der Waals surface area contributed by atoms with E-state index in [0.717, 1.165) is 36.8 Å². The number of imide groups is 1. The molecular formula is C16H21ClN4O3. The number of carbonyl (C=O) groups excluding carboxylic acids is 2. The standard InChI is InChI=1S/C16H20N4O3.ClH/c21-15-4-2-12(16(22)19-15)18-10-1-3-13-14(7-10)23-9-11-8-17-5-6-20(11)13;/h1,3,7,11-12,17-18H,2,4-6,8-9H2,(H,19,21,22);1H/t11-,12?;/m1./s1. The molecule has 1 aromatic carbocycles. The Morgan fingerprint density at radius 1 is 1.29 bits per heavy atom. The molecule has 0 radical (unpaired) electrons. The fourth-order valence-electron chi connectivity index (χ4n) is 3.40. The Hall–Kier alpha value is -1.99. The van der Waals surface area contributed by atoms with Gasteiger partial charge in [-0.3, -0.25) is 14.9 Å². The SMILES string of the molecule is Cl.O=C1CCC(Nc2ccc3c(c2)OC[C@H]2CNCCN32)C(=O)N1. The molecule has 2 saturated heterocycles. The van der Waals surface area contributed by atoms with E-state index in [0.29, 0.717) is 25.5 Å². The summed E-state index contributed by atoms with van der Waals surface area (Å²) in [4.78, 5) is 25.4. The highest BCUT2D eigenvalue weighted by molar-refractivity contribution is 6.01. The van der Waals surface area contributed by atoms with E-state index in [1.54, 1.807) is 0 Å². The van der Waals surface area contributed by atoms with Crippen molar-refractivity contribution in [1.82, 2.24) is 10.6 Å². The third kappa shape index (κ3) is 3.14. The van der Waals surface area contributed by atoms with Gasteiger partial charge in [-0.25, -0.2) is 0 Å². The van der Waals surface area contributed by atoms with E-state index in [-0.39, 0.29) is 30.3 Å². The zero-order valence-electron chi connectivity index (χ0n) is 13.2. The molecule has 0 aromatic heterocycles. The van der Waals surface area contributed by atoms with Crippen molar-refractivity contribution in [3.05, 3.63) is 18.2 Å². The molecule has 2 fully saturated rings. The molecule has 1 aromatic rings. The zero-order chi connectivity index (χ0) is 15.8. The van der Waals surface area contributed by atoms with E-state index < -0.39 is 0 Å². The van der Waals surface area contributed by atoms with Crippen LogP contribution in [0.3, 0.4) is 0 Å². The molecule has 8 heteroatoms. The third-order valence-corrected chi connectivity index (χ3v) is 4.63. The lowest BCUT2D eigenvalue weighted by Crippen LogP contribution is -2.55. The summed E-state index contributed by atoms with van der Waals surface area (Å²) in [6.45, 7) is 3.56. The molecule has 3 heterocycles. The predicted molar refractivity (Wildman–Crippen MR) is 93.0 cm³/mol. The third-order valence-electron chi connectivity index (χ3n) is 4.63. The first-order chi connectivity index (χ1) is 11.2. The second-order valence-electron chi connectivity index (χ2n) is 6.19. The van der Waals surface area contributed by atoms with Crippen molar-refractivity contribution in [2.75, 3.05) is 36.5 Å². The Kier molecular flexibility index (Phi) is 4.82. The fourth-order valence-corrected chi connectivity index (χ4v) is 3.40. The Morgan fingerprint density at radius 3 is 3.00 bits per heavy atom. The molecule has 2 amide bonds. The van der Waals surface area contributed by atoms with Crippen molar-refractivity contribution < 1.29 is 14.3 Å². The van der Waals surface area contributed by atoms with E-state index in [4.69, 9.17) is 4.74 Å². The molecule has 0 aliphatic carbocycles. The number of anilines is 2. The van der Waals surface area contributed by atoms with Gasteiger partial charge in [0.2, 0.25) is 11.8 Å². The van der Waals surface area contributed by atoms with Crippen LogP contribution in [0, 0.1) is 0 Å². The maximum absolute atomic E-state index is 11.8. The summed E-state index contributed by atoms with van der Waals surface area (Å²) in [5.41, 5.74) is 1.95. The summed E-state index contributed by atoms with van der Waals surface area (Å²) in [5.74, 6) is 0.383. The number of rotatable bonds is 2. The van der Waals surface area contributed by atoms with Crippen LogP contribution in [0.1, 0.15) is 12.8 Å². The molecule has 0 spiro atoms. The van der Waals surface area contributed by atoms with Gasteiger partial charge in [0.05, 0.1) is 11.7 Å². The van der Waals surface area contributed by atoms with Crippen LogP contribution in [0.4, 0.5) is 11.4 Å². The van der Waals surface area contributed by atoms with Gasteiger partial charge < -0.3 is 20.3 Å². The number of piperidine rings is 1. The summed E-state index contributed by atoms with van der Waals surface area (Å²) in [6, 6.07) is 5.96. The minimum absolute atomic E-state index is 0. The number of halogens is 1. The minimum Gasteiger partial charge on any atom is -0.489 e. The van der Waals surface area contributed by atoms with E-state index >= 15 is 0 Å². The lowest BCUT2D eigenvalue weighted by atomic mass is 10.1. The quantitative estimate of drug-likeness (QED) is 0.672. The number of benzene rings is 1. The number of carbonyl (C=O) groups is 2. The van der Waals surface area contributed by atoms with Gasteiger partial charge in [-0.15, -0.1) is 12.4 Å². The topological polar surface area (TPSA) is 82.7 Å². The first-order valence-corrected chi connectivity index (χ1v) is 8.05. The van der Waals surface area contributed by atoms with Gasteiger partial charge in [0.25, 0.3) is 0 Å². The second-order valence-corrected chi connectivity index (χ2v) is 6.19. The molecule has 0 bridgehead atoms. The van der Waals surface area contributed by atoms with Crippen LogP contribution in [0.25, 0.3) is 0 Å². The lowest BCUT2D eigenvalue weighted by molar-refractivity contribution is -0.133. The summed E-state index contributed by atoms with van der Waals surface area (Å²) in [7, 11) is 0. The summed E-state index contributed by atoms with van der Waals surface area (Å²) in [6.07, 6.45) is 0.885. The van der Waals surface area contributed by atoms with Gasteiger partial charge in [-0.1, -0.05) is 0 Å². The van der Waals surface area contributed by atoms with Crippen molar-refractivity contribution in [3.63, 3.8) is 0 Å². The molecule has 24 heavy (non-hydrogen) atoms. The van der Waals surface area contributed by atoms with Gasteiger partial charge in [0.15, 0.2) is 0 Å². The number of fused-ring (bicyclic) bond motifs is 3. The van der Waals surface area contributed by atoms with Crippen molar-refractivity contribution in [1.29, 1.82) is 0 Å². The largest absolute Gasteiger partial charge is 0.489 e. The van der Waals surface area contributed by atoms with E-state index in [9.17, 15) is 9.59 Å². The van der Waals surface area contributed by atoms with Crippen LogP contribution in [0.5, 0.6) is 5.75 Å². The Bertz CT molecular complexity index is 654. The van der Waals surface area contributed by atoms with Crippen LogP contribution in [-0.2, 0) is 9.59 Å². The molecule has 1 unspecified atom stereocenters. The summed E-state index contributed by atoms with van der Waals surface area (Å²) < 4.78 is 5.89. The number of nitrogens with one attached hydrogen (secondary N) is 3. The molecule has 130 valence electrons. The molecule has 7 nitrogen and oxygen atoms in total. The minimum atomic E-state index is -0.374. The van der Waals surface area contributed by atoms with Gasteiger partial charge in [-0.05, 0) is 18.6 Å². The van der Waals surface area contributed by atoms with Gasteiger partial charge in [0.1, 0.15) is 18.4 Å². The number of hydrogen-bond donors (Lipinski definition) is 3. The number of hydrogen-bond acceptors (Lipinski definition) is 6. The number of ether oxygens (including phenoxy) is 1. The number of piperazine rings is 1. The number of nitrogens with zero attached hydrogens (tertiary/aromatic N) is 1.